The van der Waals surface area contributed by atoms with E-state index >= 15 is 0 Å². The molecule has 1 heterocycles. The Morgan fingerprint density at radius 2 is 2.00 bits per heavy atom. The molecule has 0 saturated carbocycles. The Labute approximate surface area is 105 Å². The first kappa shape index (κ1) is 12.1. The average molecular weight is 284 g/mol. The minimum Gasteiger partial charge on any atom is -0.392 e. The van der Waals surface area contributed by atoms with E-state index in [4.69, 9.17) is 0 Å². The van der Waals surface area contributed by atoms with E-state index in [1.807, 2.05) is 0 Å². The van der Waals surface area contributed by atoms with Crippen LogP contribution in [0.3, 0.4) is 0 Å². The van der Waals surface area contributed by atoms with Gasteiger partial charge in [0, 0.05) is 23.1 Å². The van der Waals surface area contributed by atoms with Gasteiger partial charge in [-0.25, -0.2) is 0 Å². The zero-order chi connectivity index (χ0) is 11.8. The van der Waals surface area contributed by atoms with E-state index in [0.29, 0.717) is 0 Å². The Morgan fingerprint density at radius 1 is 1.38 bits per heavy atom. The molecule has 1 aromatic rings. The minimum absolute atomic E-state index is 0.104. The minimum atomic E-state index is -0.176. The molecular formula is C13H18BrNO. The lowest BCUT2D eigenvalue weighted by molar-refractivity contribution is 0.156. The van der Waals surface area contributed by atoms with Gasteiger partial charge in [0.05, 0.1) is 6.10 Å². The smallest absolute Gasteiger partial charge is 0.0684 e. The van der Waals surface area contributed by atoms with Gasteiger partial charge in [0.2, 0.25) is 0 Å². The summed E-state index contributed by atoms with van der Waals surface area (Å²) < 4.78 is 1.11. The summed E-state index contributed by atoms with van der Waals surface area (Å²) in [5, 5.41) is 9.71. The molecule has 88 valence electrons. The summed E-state index contributed by atoms with van der Waals surface area (Å²) in [6.07, 6.45) is 0.689. The second-order valence-electron chi connectivity index (χ2n) is 5.18. The van der Waals surface area contributed by atoms with Crippen LogP contribution >= 0.6 is 15.9 Å². The fourth-order valence-electron chi connectivity index (χ4n) is 2.36. The first-order chi connectivity index (χ1) is 7.47. The van der Waals surface area contributed by atoms with Crippen molar-refractivity contribution < 1.29 is 5.11 Å². The Hall–Kier alpha value is -0.380. The van der Waals surface area contributed by atoms with Crippen LogP contribution in [0.15, 0.2) is 28.7 Å². The van der Waals surface area contributed by atoms with Crippen LogP contribution < -0.4 is 0 Å². The van der Waals surface area contributed by atoms with Crippen LogP contribution in [-0.2, 0) is 6.54 Å². The predicted molar refractivity (Wildman–Crippen MR) is 69.3 cm³/mol. The highest BCUT2D eigenvalue weighted by Crippen LogP contribution is 2.30. The molecule has 1 aliphatic heterocycles. The summed E-state index contributed by atoms with van der Waals surface area (Å²) in [6.45, 7) is 6.09. The third kappa shape index (κ3) is 2.65. The third-order valence-corrected chi connectivity index (χ3v) is 3.84. The van der Waals surface area contributed by atoms with E-state index in [1.165, 1.54) is 5.56 Å². The van der Waals surface area contributed by atoms with Gasteiger partial charge in [0.15, 0.2) is 0 Å². The summed E-state index contributed by atoms with van der Waals surface area (Å²) >= 11 is 3.44. The van der Waals surface area contributed by atoms with E-state index in [9.17, 15) is 5.11 Å². The lowest BCUT2D eigenvalue weighted by atomic mass is 10.0. The number of likely N-dealkylation sites (tertiary alicyclic amines) is 1. The highest BCUT2D eigenvalue weighted by molar-refractivity contribution is 9.10. The molecule has 2 rings (SSSR count). The van der Waals surface area contributed by atoms with E-state index in [1.54, 1.807) is 0 Å². The van der Waals surface area contributed by atoms with Crippen LogP contribution in [0, 0.1) is 0 Å². The topological polar surface area (TPSA) is 23.5 Å². The van der Waals surface area contributed by atoms with Crippen LogP contribution in [0.1, 0.15) is 25.8 Å². The van der Waals surface area contributed by atoms with Gasteiger partial charge >= 0.3 is 0 Å². The number of hydrogen-bond donors (Lipinski definition) is 1. The number of halogens is 1. The molecule has 0 radical (unpaired) electrons. The van der Waals surface area contributed by atoms with Crippen molar-refractivity contribution in [1.82, 2.24) is 4.90 Å². The van der Waals surface area contributed by atoms with E-state index < -0.39 is 0 Å². The van der Waals surface area contributed by atoms with Crippen molar-refractivity contribution in [1.29, 1.82) is 0 Å². The molecule has 1 aliphatic rings. The standard InChI is InChI=1S/C13H18BrNO/c1-13(2)7-12(16)9-15(13)8-10-3-5-11(14)6-4-10/h3-6,12,16H,7-9H2,1-2H3. The molecular weight excluding hydrogens is 266 g/mol. The zero-order valence-electron chi connectivity index (χ0n) is 9.78. The van der Waals surface area contributed by atoms with Gasteiger partial charge in [0.25, 0.3) is 0 Å². The molecule has 1 N–H and O–H groups in total. The third-order valence-electron chi connectivity index (χ3n) is 3.31. The molecule has 3 heteroatoms. The summed E-state index contributed by atoms with van der Waals surface area (Å²) in [7, 11) is 0. The zero-order valence-corrected chi connectivity index (χ0v) is 11.4. The molecule has 0 amide bonds. The fourth-order valence-corrected chi connectivity index (χ4v) is 2.62. The van der Waals surface area contributed by atoms with E-state index in [2.05, 4.69) is 58.9 Å². The molecule has 0 aromatic heterocycles. The van der Waals surface area contributed by atoms with Crippen LogP contribution in [0.2, 0.25) is 0 Å². The maximum absolute atomic E-state index is 9.71. The Morgan fingerprint density at radius 3 is 2.50 bits per heavy atom. The van der Waals surface area contributed by atoms with E-state index in [0.717, 1.165) is 24.0 Å². The first-order valence-corrected chi connectivity index (χ1v) is 6.44. The van der Waals surface area contributed by atoms with Crippen molar-refractivity contribution in [2.45, 2.75) is 38.5 Å². The molecule has 0 bridgehead atoms. The fraction of sp³-hybridized carbons (Fsp3) is 0.538. The van der Waals surface area contributed by atoms with Crippen molar-refractivity contribution in [2.24, 2.45) is 0 Å². The van der Waals surface area contributed by atoms with Gasteiger partial charge in [-0.05, 0) is 38.0 Å². The summed E-state index contributed by atoms with van der Waals surface area (Å²) in [4.78, 5) is 2.35. The van der Waals surface area contributed by atoms with E-state index in [-0.39, 0.29) is 11.6 Å². The van der Waals surface area contributed by atoms with Crippen LogP contribution in [0.4, 0.5) is 0 Å². The van der Waals surface area contributed by atoms with Crippen molar-refractivity contribution in [2.75, 3.05) is 6.54 Å². The quantitative estimate of drug-likeness (QED) is 0.902. The molecule has 16 heavy (non-hydrogen) atoms. The van der Waals surface area contributed by atoms with Gasteiger partial charge in [-0.1, -0.05) is 28.1 Å². The number of benzene rings is 1. The molecule has 1 fully saturated rings. The maximum Gasteiger partial charge on any atom is 0.0684 e. The van der Waals surface area contributed by atoms with Gasteiger partial charge < -0.3 is 5.11 Å². The normalized spacial score (nSPS) is 24.9. The van der Waals surface area contributed by atoms with Gasteiger partial charge in [-0.15, -0.1) is 0 Å². The van der Waals surface area contributed by atoms with Crippen LogP contribution in [0.5, 0.6) is 0 Å². The van der Waals surface area contributed by atoms with Crippen molar-refractivity contribution in [3.63, 3.8) is 0 Å². The molecule has 1 unspecified atom stereocenters. The van der Waals surface area contributed by atoms with Crippen molar-refractivity contribution >= 4 is 15.9 Å². The second-order valence-corrected chi connectivity index (χ2v) is 6.09. The maximum atomic E-state index is 9.71. The Kier molecular flexibility index (Phi) is 3.38. The number of aliphatic hydroxyl groups excluding tert-OH is 1. The highest BCUT2D eigenvalue weighted by atomic mass is 79.9. The molecule has 0 spiro atoms. The van der Waals surface area contributed by atoms with Gasteiger partial charge in [-0.2, -0.15) is 0 Å². The van der Waals surface area contributed by atoms with Crippen molar-refractivity contribution in [3.8, 4) is 0 Å². The van der Waals surface area contributed by atoms with Gasteiger partial charge in [0.1, 0.15) is 0 Å². The average Bonchev–Trinajstić information content (AvgIpc) is 2.43. The van der Waals surface area contributed by atoms with Crippen LogP contribution in [-0.4, -0.2) is 28.2 Å². The number of β-amino-alcohol motifs (C(OH)–C–C–N with tert-alkyl or cyclic N) is 1. The molecule has 0 aliphatic carbocycles. The number of rotatable bonds is 2. The lowest BCUT2D eigenvalue weighted by Gasteiger charge is -2.31. The number of hydrogen-bond acceptors (Lipinski definition) is 2. The molecule has 1 saturated heterocycles. The first-order valence-electron chi connectivity index (χ1n) is 5.65. The summed E-state index contributed by atoms with van der Waals surface area (Å²) in [5.41, 5.74) is 1.40. The summed E-state index contributed by atoms with van der Waals surface area (Å²) in [6, 6.07) is 8.39. The molecule has 1 atom stereocenters. The second kappa shape index (κ2) is 4.47. The summed E-state index contributed by atoms with van der Waals surface area (Å²) in [5.74, 6) is 0. The molecule has 2 nitrogen and oxygen atoms in total. The Bertz CT molecular complexity index is 361. The monoisotopic (exact) mass is 283 g/mol. The highest BCUT2D eigenvalue weighted by Gasteiger charge is 2.37. The predicted octanol–water partition coefficient (Wildman–Crippen LogP) is 2.79. The van der Waals surface area contributed by atoms with Gasteiger partial charge in [-0.3, -0.25) is 4.90 Å². The SMILES string of the molecule is CC1(C)CC(O)CN1Cc1ccc(Br)cc1. The largest absolute Gasteiger partial charge is 0.392 e. The lowest BCUT2D eigenvalue weighted by Crippen LogP contribution is -2.37. The number of aliphatic hydroxyl groups is 1. The van der Waals surface area contributed by atoms with Crippen LogP contribution in [0.25, 0.3) is 0 Å². The number of nitrogens with zero attached hydrogens (tertiary/aromatic N) is 1. The van der Waals surface area contributed by atoms with Crippen molar-refractivity contribution in [3.05, 3.63) is 34.3 Å². The molecule has 1 aromatic carbocycles. The Balaban J connectivity index is 2.07.